The first-order valence-corrected chi connectivity index (χ1v) is 6.93. The Kier molecular flexibility index (Phi) is 14.0. The lowest BCUT2D eigenvalue weighted by Crippen LogP contribution is -2.18. The first-order valence-electron chi connectivity index (χ1n) is 6.93. The Balaban J connectivity index is 0. The highest BCUT2D eigenvalue weighted by molar-refractivity contribution is 5.27. The van der Waals surface area contributed by atoms with Crippen LogP contribution in [0.3, 0.4) is 0 Å². The Morgan fingerprint density at radius 3 is 2.29 bits per heavy atom. The van der Waals surface area contributed by atoms with E-state index in [4.69, 9.17) is 4.74 Å². The monoisotopic (exact) mass is 239 g/mol. The van der Waals surface area contributed by atoms with Crippen LogP contribution in [0.25, 0.3) is 0 Å². The minimum Gasteiger partial charge on any atom is -0.477 e. The average Bonchev–Trinajstić information content (AvgIpc) is 2.45. The molecule has 0 bridgehead atoms. The Bertz CT molecular complexity index is 261. The lowest BCUT2D eigenvalue weighted by molar-refractivity contribution is 0.224. The molecule has 0 aromatic carbocycles. The molecule has 1 atom stereocenters. The van der Waals surface area contributed by atoms with E-state index >= 15 is 0 Å². The van der Waals surface area contributed by atoms with Crippen molar-refractivity contribution in [3.8, 4) is 5.88 Å². The normalized spacial score (nSPS) is 15.4. The summed E-state index contributed by atoms with van der Waals surface area (Å²) in [5, 5.41) is 0. The second-order valence-electron chi connectivity index (χ2n) is 3.09. The van der Waals surface area contributed by atoms with Gasteiger partial charge in [0.1, 0.15) is 0 Å². The van der Waals surface area contributed by atoms with Gasteiger partial charge in [-0.1, -0.05) is 54.5 Å². The molecule has 0 aliphatic carbocycles. The summed E-state index contributed by atoms with van der Waals surface area (Å²) in [7, 11) is 0. The van der Waals surface area contributed by atoms with Gasteiger partial charge in [-0.15, -0.1) is 0 Å². The quantitative estimate of drug-likeness (QED) is 0.653. The summed E-state index contributed by atoms with van der Waals surface area (Å²) in [5.74, 6) is 1.46. The maximum atomic E-state index is 5.42. The molecule has 0 amide bonds. The summed E-state index contributed by atoms with van der Waals surface area (Å²) in [6, 6.07) is 4.04. The van der Waals surface area contributed by atoms with E-state index in [-0.39, 0.29) is 0 Å². The maximum Gasteiger partial charge on any atom is 0.216 e. The van der Waals surface area contributed by atoms with Crippen LogP contribution in [0.4, 0.5) is 0 Å². The van der Waals surface area contributed by atoms with Crippen LogP contribution < -0.4 is 4.74 Å². The summed E-state index contributed by atoms with van der Waals surface area (Å²) in [6.45, 7) is 15.0. The molecule has 1 aliphatic rings. The summed E-state index contributed by atoms with van der Waals surface area (Å²) in [4.78, 5) is 4.13. The van der Waals surface area contributed by atoms with Crippen LogP contribution in [0.15, 0.2) is 18.3 Å². The van der Waals surface area contributed by atoms with E-state index < -0.39 is 0 Å². The van der Waals surface area contributed by atoms with Gasteiger partial charge in [-0.25, -0.2) is 4.98 Å². The molecule has 0 fully saturated rings. The van der Waals surface area contributed by atoms with Crippen molar-refractivity contribution in [1.82, 2.24) is 4.98 Å². The van der Waals surface area contributed by atoms with Gasteiger partial charge in [0.05, 0.1) is 6.61 Å². The molecule has 0 N–H and O–H groups in total. The van der Waals surface area contributed by atoms with E-state index in [0.29, 0.717) is 5.92 Å². The van der Waals surface area contributed by atoms with Gasteiger partial charge in [0.2, 0.25) is 5.88 Å². The van der Waals surface area contributed by atoms with Crippen LogP contribution in [0, 0.1) is 5.92 Å². The van der Waals surface area contributed by atoms with Crippen molar-refractivity contribution >= 4 is 0 Å². The van der Waals surface area contributed by atoms with Gasteiger partial charge in [0.25, 0.3) is 0 Å². The van der Waals surface area contributed by atoms with Crippen LogP contribution in [0.5, 0.6) is 5.88 Å². The van der Waals surface area contributed by atoms with Gasteiger partial charge in [-0.2, -0.15) is 0 Å². The van der Waals surface area contributed by atoms with Crippen molar-refractivity contribution < 1.29 is 4.74 Å². The van der Waals surface area contributed by atoms with E-state index in [1.54, 1.807) is 6.20 Å². The fourth-order valence-corrected chi connectivity index (χ4v) is 1.36. The first kappa shape index (κ1) is 18.3. The van der Waals surface area contributed by atoms with Gasteiger partial charge in [0.15, 0.2) is 0 Å². The van der Waals surface area contributed by atoms with E-state index in [1.165, 1.54) is 5.56 Å². The molecule has 100 valence electrons. The predicted molar refractivity (Wildman–Crippen MR) is 76.6 cm³/mol. The molecule has 2 rings (SSSR count). The number of aromatic nitrogens is 1. The van der Waals surface area contributed by atoms with Crippen molar-refractivity contribution in [2.24, 2.45) is 5.92 Å². The third kappa shape index (κ3) is 6.98. The molecule has 0 spiro atoms. The van der Waals surface area contributed by atoms with Crippen LogP contribution in [-0.2, 0) is 6.42 Å². The molecule has 0 saturated heterocycles. The fourth-order valence-electron chi connectivity index (χ4n) is 1.36. The molecule has 1 unspecified atom stereocenters. The van der Waals surface area contributed by atoms with Crippen LogP contribution in [-0.4, -0.2) is 11.6 Å². The summed E-state index contributed by atoms with van der Waals surface area (Å²) in [6.07, 6.45) is 2.87. The Morgan fingerprint density at radius 2 is 1.71 bits per heavy atom. The lowest BCUT2D eigenvalue weighted by atomic mass is 10.0. The van der Waals surface area contributed by atoms with Crippen molar-refractivity contribution in [3.05, 3.63) is 23.9 Å². The minimum absolute atomic E-state index is 0.631. The summed E-state index contributed by atoms with van der Waals surface area (Å²) < 4.78 is 5.42. The van der Waals surface area contributed by atoms with Crippen molar-refractivity contribution in [1.29, 1.82) is 0 Å². The largest absolute Gasteiger partial charge is 0.477 e. The van der Waals surface area contributed by atoms with Crippen molar-refractivity contribution in [2.75, 3.05) is 6.61 Å². The first-order chi connectivity index (χ1) is 8.36. The molecule has 2 nitrogen and oxygen atoms in total. The van der Waals surface area contributed by atoms with Crippen LogP contribution in [0.1, 0.15) is 54.0 Å². The third-order valence-corrected chi connectivity index (χ3v) is 1.92. The topological polar surface area (TPSA) is 22.1 Å². The molecule has 0 radical (unpaired) electrons. The Morgan fingerprint density at radius 1 is 1.12 bits per heavy atom. The summed E-state index contributed by atoms with van der Waals surface area (Å²) >= 11 is 0. The molecular weight excluding hydrogens is 210 g/mol. The number of hydrogen-bond acceptors (Lipinski definition) is 2. The molecule has 17 heavy (non-hydrogen) atoms. The molecule has 0 saturated carbocycles. The second-order valence-corrected chi connectivity index (χ2v) is 3.09. The second kappa shape index (κ2) is 13.0. The van der Waals surface area contributed by atoms with Crippen molar-refractivity contribution in [2.45, 2.75) is 54.9 Å². The highest BCUT2D eigenvalue weighted by Crippen LogP contribution is 2.23. The predicted octanol–water partition coefficient (Wildman–Crippen LogP) is 4.73. The molecular formula is C15H29NO. The number of fused-ring (bicyclic) bond motifs is 1. The molecule has 2 heterocycles. The Hall–Kier alpha value is -1.05. The lowest BCUT2D eigenvalue weighted by Gasteiger charge is -2.20. The van der Waals surface area contributed by atoms with Gasteiger partial charge in [-0.3, -0.25) is 0 Å². The smallest absolute Gasteiger partial charge is 0.216 e. The molecule has 1 aliphatic heterocycles. The van der Waals surface area contributed by atoms with Gasteiger partial charge in [0, 0.05) is 11.8 Å². The molecule has 2 heteroatoms. The number of ether oxygens (including phenoxy) is 1. The maximum absolute atomic E-state index is 5.42. The average molecular weight is 239 g/mol. The molecule has 1 aromatic heterocycles. The minimum atomic E-state index is 0.631. The standard InChI is InChI=1S/C9H11NO.3C2H6/c1-7-5-8-3-2-4-10-9(8)11-6-7;3*1-2/h2-4,7H,5-6H2,1H3;3*1-2H3. The van der Waals surface area contributed by atoms with E-state index in [0.717, 1.165) is 18.9 Å². The van der Waals surface area contributed by atoms with Crippen LogP contribution >= 0.6 is 0 Å². The zero-order chi connectivity index (χ0) is 13.7. The zero-order valence-electron chi connectivity index (χ0n) is 12.6. The Labute approximate surface area is 107 Å². The fraction of sp³-hybridized carbons (Fsp3) is 0.667. The van der Waals surface area contributed by atoms with Gasteiger partial charge >= 0.3 is 0 Å². The van der Waals surface area contributed by atoms with E-state index in [2.05, 4.69) is 18.0 Å². The summed E-state index contributed by atoms with van der Waals surface area (Å²) in [5.41, 5.74) is 1.24. The SMILES string of the molecule is CC.CC.CC.CC1COc2ncccc2C1. The zero-order valence-corrected chi connectivity index (χ0v) is 12.6. The highest BCUT2D eigenvalue weighted by atomic mass is 16.5. The van der Waals surface area contributed by atoms with E-state index in [1.807, 2.05) is 47.6 Å². The van der Waals surface area contributed by atoms with Gasteiger partial charge in [-0.05, 0) is 18.4 Å². The van der Waals surface area contributed by atoms with Crippen molar-refractivity contribution in [3.63, 3.8) is 0 Å². The third-order valence-electron chi connectivity index (χ3n) is 1.92. The number of hydrogen-bond donors (Lipinski definition) is 0. The van der Waals surface area contributed by atoms with Gasteiger partial charge < -0.3 is 4.74 Å². The van der Waals surface area contributed by atoms with E-state index in [9.17, 15) is 0 Å². The highest BCUT2D eigenvalue weighted by Gasteiger charge is 2.15. The number of pyridine rings is 1. The molecule has 1 aromatic rings. The number of rotatable bonds is 0. The van der Waals surface area contributed by atoms with Crippen LogP contribution in [0.2, 0.25) is 0 Å². The number of nitrogens with zero attached hydrogens (tertiary/aromatic N) is 1.